The molecule has 0 saturated carbocycles. The first-order chi connectivity index (χ1) is 7.90. The second-order valence-electron chi connectivity index (χ2n) is 4.71. The van der Waals surface area contributed by atoms with Crippen molar-refractivity contribution in [2.75, 3.05) is 23.7 Å². The van der Waals surface area contributed by atoms with Crippen molar-refractivity contribution in [2.24, 2.45) is 0 Å². The van der Waals surface area contributed by atoms with Gasteiger partial charge in [0.1, 0.15) is 0 Å². The van der Waals surface area contributed by atoms with E-state index in [4.69, 9.17) is 4.52 Å². The predicted octanol–water partition coefficient (Wildman–Crippen LogP) is 0.816. The van der Waals surface area contributed by atoms with E-state index in [2.05, 4.69) is 10.1 Å². The van der Waals surface area contributed by atoms with Gasteiger partial charge in [0.2, 0.25) is 0 Å². The van der Waals surface area contributed by atoms with Crippen LogP contribution in [0, 0.1) is 0 Å². The van der Waals surface area contributed by atoms with Gasteiger partial charge >= 0.3 is 6.01 Å². The topological polar surface area (TPSA) is 76.3 Å². The lowest BCUT2D eigenvalue weighted by molar-refractivity contribution is 0.402. The number of hydrogen-bond acceptors (Lipinski definition) is 6. The Kier molecular flexibility index (Phi) is 3.11. The van der Waals surface area contributed by atoms with Crippen LogP contribution in [0.5, 0.6) is 0 Å². The number of hydrogen-bond donors (Lipinski definition) is 0. The molecule has 1 saturated heterocycles. The molecule has 1 unspecified atom stereocenters. The summed E-state index contributed by atoms with van der Waals surface area (Å²) in [6.45, 7) is 6.52. The summed E-state index contributed by atoms with van der Waals surface area (Å²) < 4.78 is 28.3. The molecule has 0 N–H and O–H groups in total. The van der Waals surface area contributed by atoms with Gasteiger partial charge in [-0.3, -0.25) is 0 Å². The zero-order valence-corrected chi connectivity index (χ0v) is 11.1. The highest BCUT2D eigenvalue weighted by molar-refractivity contribution is 7.92. The number of nitrogens with zero attached hydrogens (tertiary/aromatic N) is 3. The molecule has 0 aromatic carbocycles. The molecule has 1 aromatic heterocycles. The van der Waals surface area contributed by atoms with Crippen LogP contribution >= 0.6 is 0 Å². The molecule has 1 fully saturated rings. The zero-order valence-electron chi connectivity index (χ0n) is 10.3. The summed E-state index contributed by atoms with van der Waals surface area (Å²) >= 11 is 0. The minimum absolute atomic E-state index is 0.146. The van der Waals surface area contributed by atoms with Gasteiger partial charge in [0, 0.05) is 19.0 Å². The number of aromatic nitrogens is 2. The molecule has 0 aliphatic carbocycles. The summed E-state index contributed by atoms with van der Waals surface area (Å²) in [6.07, 6.45) is 0. The monoisotopic (exact) mass is 259 g/mol. The summed E-state index contributed by atoms with van der Waals surface area (Å²) in [5.74, 6) is 1.01. The normalized spacial score (nSPS) is 24.2. The Morgan fingerprint density at radius 1 is 1.47 bits per heavy atom. The maximum atomic E-state index is 11.6. The molecule has 1 atom stereocenters. The highest BCUT2D eigenvalue weighted by atomic mass is 32.2. The van der Waals surface area contributed by atoms with E-state index in [0.717, 1.165) is 0 Å². The predicted molar refractivity (Wildman–Crippen MR) is 63.8 cm³/mol. The smallest absolute Gasteiger partial charge is 0.322 e. The van der Waals surface area contributed by atoms with Gasteiger partial charge in [-0.25, -0.2) is 8.42 Å². The van der Waals surface area contributed by atoms with Gasteiger partial charge in [-0.05, 0) is 6.92 Å². The van der Waals surface area contributed by atoms with Crippen LogP contribution in [0.15, 0.2) is 4.52 Å². The van der Waals surface area contributed by atoms with E-state index in [9.17, 15) is 8.42 Å². The summed E-state index contributed by atoms with van der Waals surface area (Å²) in [5, 5.41) is 3.49. The van der Waals surface area contributed by atoms with Gasteiger partial charge in [0.15, 0.2) is 15.7 Å². The van der Waals surface area contributed by atoms with Crippen LogP contribution in [0.25, 0.3) is 0 Å². The largest absolute Gasteiger partial charge is 0.324 e. The average molecular weight is 259 g/mol. The van der Waals surface area contributed by atoms with Gasteiger partial charge in [0.05, 0.1) is 11.0 Å². The van der Waals surface area contributed by atoms with E-state index in [1.807, 2.05) is 18.7 Å². The number of sulfone groups is 1. The van der Waals surface area contributed by atoms with Crippen molar-refractivity contribution in [1.29, 1.82) is 0 Å². The molecular formula is C10H17N3O3S. The lowest BCUT2D eigenvalue weighted by Crippen LogP contribution is -2.45. The highest BCUT2D eigenvalue weighted by Gasteiger charge is 2.31. The molecule has 17 heavy (non-hydrogen) atoms. The van der Waals surface area contributed by atoms with Crippen LogP contribution in [0.4, 0.5) is 6.01 Å². The van der Waals surface area contributed by atoms with Crippen molar-refractivity contribution in [3.05, 3.63) is 5.82 Å². The van der Waals surface area contributed by atoms with Crippen molar-refractivity contribution < 1.29 is 12.9 Å². The van der Waals surface area contributed by atoms with Crippen molar-refractivity contribution >= 4 is 15.9 Å². The van der Waals surface area contributed by atoms with Crippen LogP contribution in [-0.4, -0.2) is 42.7 Å². The molecular weight excluding hydrogens is 242 g/mol. The molecule has 2 heterocycles. The second-order valence-corrected chi connectivity index (χ2v) is 7.25. The molecule has 1 aliphatic heterocycles. The summed E-state index contributed by atoms with van der Waals surface area (Å²) in [5.41, 5.74) is 0. The standard InChI is InChI=1S/C10H17N3O3S/c1-7(2)9-11-10(16-12-9)13-4-5-17(14,15)8(3)6-13/h7-8H,4-6H2,1-3H3. The molecule has 1 aromatic rings. The van der Waals surface area contributed by atoms with Crippen LogP contribution in [0.2, 0.25) is 0 Å². The minimum Gasteiger partial charge on any atom is -0.322 e. The van der Waals surface area contributed by atoms with Gasteiger partial charge in [-0.1, -0.05) is 19.0 Å². The van der Waals surface area contributed by atoms with E-state index in [1.165, 1.54) is 0 Å². The number of anilines is 1. The lowest BCUT2D eigenvalue weighted by Gasteiger charge is -2.28. The van der Waals surface area contributed by atoms with Crippen LogP contribution in [0.3, 0.4) is 0 Å². The fourth-order valence-corrected chi connectivity index (χ4v) is 3.00. The second kappa shape index (κ2) is 4.29. The van der Waals surface area contributed by atoms with E-state index in [0.29, 0.717) is 24.9 Å². The number of rotatable bonds is 2. The maximum absolute atomic E-state index is 11.6. The minimum atomic E-state index is -2.94. The fourth-order valence-electron chi connectivity index (χ4n) is 1.72. The Morgan fingerprint density at radius 2 is 2.18 bits per heavy atom. The lowest BCUT2D eigenvalue weighted by atomic mass is 10.2. The Hall–Kier alpha value is -1.11. The molecule has 1 aliphatic rings. The highest BCUT2D eigenvalue weighted by Crippen LogP contribution is 2.20. The van der Waals surface area contributed by atoms with Crippen molar-refractivity contribution in [3.63, 3.8) is 0 Å². The summed E-state index contributed by atoms with van der Waals surface area (Å²) in [7, 11) is -2.94. The van der Waals surface area contributed by atoms with E-state index in [-0.39, 0.29) is 16.9 Å². The van der Waals surface area contributed by atoms with Gasteiger partial charge in [-0.15, -0.1) is 0 Å². The molecule has 0 bridgehead atoms. The Morgan fingerprint density at radius 3 is 2.71 bits per heavy atom. The molecule has 7 heteroatoms. The maximum Gasteiger partial charge on any atom is 0.324 e. The molecule has 0 radical (unpaired) electrons. The van der Waals surface area contributed by atoms with Gasteiger partial charge in [-0.2, -0.15) is 4.98 Å². The van der Waals surface area contributed by atoms with Gasteiger partial charge < -0.3 is 9.42 Å². The quantitative estimate of drug-likeness (QED) is 0.782. The summed E-state index contributed by atoms with van der Waals surface area (Å²) in [6, 6.07) is 0.426. The van der Waals surface area contributed by atoms with E-state index < -0.39 is 9.84 Å². The average Bonchev–Trinajstić information content (AvgIpc) is 2.71. The Balaban J connectivity index is 2.14. The first-order valence-corrected chi connectivity index (χ1v) is 7.42. The molecule has 0 amide bonds. The molecule has 96 valence electrons. The van der Waals surface area contributed by atoms with Crippen molar-refractivity contribution in [2.45, 2.75) is 31.9 Å². The third kappa shape index (κ3) is 2.43. The van der Waals surface area contributed by atoms with E-state index in [1.54, 1.807) is 6.92 Å². The zero-order chi connectivity index (χ0) is 12.6. The van der Waals surface area contributed by atoms with Crippen molar-refractivity contribution in [1.82, 2.24) is 10.1 Å². The van der Waals surface area contributed by atoms with Crippen molar-refractivity contribution in [3.8, 4) is 0 Å². The molecule has 6 nitrogen and oxygen atoms in total. The van der Waals surface area contributed by atoms with Crippen LogP contribution < -0.4 is 4.90 Å². The summed E-state index contributed by atoms with van der Waals surface area (Å²) in [4.78, 5) is 6.11. The van der Waals surface area contributed by atoms with Crippen LogP contribution in [-0.2, 0) is 9.84 Å². The first-order valence-electron chi connectivity index (χ1n) is 5.70. The Bertz CT molecular complexity index is 495. The Labute approximate surface area is 101 Å². The third-order valence-corrected chi connectivity index (χ3v) is 5.08. The fraction of sp³-hybridized carbons (Fsp3) is 0.800. The van der Waals surface area contributed by atoms with Gasteiger partial charge in [0.25, 0.3) is 0 Å². The molecule has 2 rings (SSSR count). The first kappa shape index (κ1) is 12.3. The third-order valence-electron chi connectivity index (χ3n) is 2.95. The molecule has 0 spiro atoms. The van der Waals surface area contributed by atoms with E-state index >= 15 is 0 Å². The SMILES string of the molecule is CC(C)c1noc(N2CCS(=O)(=O)C(C)C2)n1. The van der Waals surface area contributed by atoms with Crippen LogP contribution in [0.1, 0.15) is 32.5 Å².